The number of piperazine rings is 1. The lowest BCUT2D eigenvalue weighted by atomic mass is 9.70. The molecule has 2 saturated heterocycles. The molecule has 15 nitrogen and oxygen atoms in total. The largest absolute Gasteiger partial charge is 0.507 e. The predicted octanol–water partition coefficient (Wildman–Crippen LogP) is 5.87. The molecular formula is C47H64N4O11. The fraction of sp³-hybridized carbons (Fsp3) is 0.596. The summed E-state index contributed by atoms with van der Waals surface area (Å²) in [7, 11) is 1.48. The lowest BCUT2D eigenvalue weighted by Crippen LogP contribution is -2.60. The van der Waals surface area contributed by atoms with Crippen molar-refractivity contribution in [3.63, 3.8) is 0 Å². The number of nitrogens with one attached hydrogen (secondary N) is 1. The Labute approximate surface area is 363 Å². The van der Waals surface area contributed by atoms with E-state index in [0.717, 1.165) is 13.1 Å². The lowest BCUT2D eigenvalue weighted by Gasteiger charge is -2.54. The maximum Gasteiger partial charge on any atom is 0.312 e. The van der Waals surface area contributed by atoms with E-state index >= 15 is 0 Å². The molecule has 7 aliphatic heterocycles. The van der Waals surface area contributed by atoms with Gasteiger partial charge in [-0.1, -0.05) is 58.8 Å². The van der Waals surface area contributed by atoms with Crippen molar-refractivity contribution in [3.8, 4) is 23.0 Å². The molecule has 10 rings (SSSR count). The molecule has 6 N–H and O–H groups in total. The summed E-state index contributed by atoms with van der Waals surface area (Å²) < 4.78 is 24.3. The maximum absolute atomic E-state index is 14.5. The number of aliphatic hydroxyl groups excluding tert-OH is 2. The summed E-state index contributed by atoms with van der Waals surface area (Å²) in [6.45, 7) is 16.8. The van der Waals surface area contributed by atoms with Crippen LogP contribution < -0.4 is 10.1 Å². The number of benzene rings is 2. The first-order valence-electron chi connectivity index (χ1n) is 22.0. The van der Waals surface area contributed by atoms with Crippen LogP contribution in [0.25, 0.3) is 10.8 Å². The van der Waals surface area contributed by atoms with Gasteiger partial charge in [-0.2, -0.15) is 5.10 Å². The molecule has 7 bridgehead atoms. The number of hydrogen-bond acceptors (Lipinski definition) is 14. The van der Waals surface area contributed by atoms with E-state index in [0.29, 0.717) is 19.1 Å². The number of amides is 1. The molecule has 1 amide bonds. The van der Waals surface area contributed by atoms with Crippen LogP contribution >= 0.6 is 0 Å². The van der Waals surface area contributed by atoms with Crippen LogP contribution in [-0.2, 0) is 19.0 Å². The highest BCUT2D eigenvalue weighted by molar-refractivity contribution is 6.23. The van der Waals surface area contributed by atoms with Crippen molar-refractivity contribution in [3.05, 3.63) is 52.8 Å². The second kappa shape index (κ2) is 17.5. The smallest absolute Gasteiger partial charge is 0.312 e. The van der Waals surface area contributed by atoms with Crippen molar-refractivity contribution in [1.29, 1.82) is 0 Å². The summed E-state index contributed by atoms with van der Waals surface area (Å²) in [4.78, 5) is 30.9. The number of allylic oxidation sites excluding steroid dienone is 2. The number of carbonyl (C=O) groups excluding carboxylic acids is 2. The van der Waals surface area contributed by atoms with E-state index in [1.165, 1.54) is 65.2 Å². The molecule has 7 heterocycles. The van der Waals surface area contributed by atoms with E-state index in [1.807, 2.05) is 31.9 Å². The third-order valence-corrected chi connectivity index (χ3v) is 14.5. The number of hydrazone groups is 1. The van der Waals surface area contributed by atoms with Gasteiger partial charge in [0.25, 0.3) is 11.7 Å². The molecule has 1 unspecified atom stereocenters. The number of phenols is 3. The van der Waals surface area contributed by atoms with Crippen molar-refractivity contribution >= 4 is 34.4 Å². The van der Waals surface area contributed by atoms with Gasteiger partial charge in [0.1, 0.15) is 17.2 Å². The minimum atomic E-state index is -2.00. The topological polar surface area (TPSA) is 203 Å². The van der Waals surface area contributed by atoms with E-state index in [4.69, 9.17) is 24.0 Å². The highest BCUT2D eigenvalue weighted by Crippen LogP contribution is 2.55. The van der Waals surface area contributed by atoms with Crippen LogP contribution in [0.15, 0.2) is 41.2 Å². The molecule has 1 aliphatic carbocycles. The van der Waals surface area contributed by atoms with Crippen molar-refractivity contribution in [2.75, 3.05) is 38.6 Å². The number of rotatable bonds is 4. The molecule has 1 saturated carbocycles. The Morgan fingerprint density at radius 1 is 0.903 bits per heavy atom. The zero-order valence-corrected chi connectivity index (χ0v) is 37.3. The average Bonchev–Trinajstić information content (AvgIpc) is 3.89. The SMILES string of the molecule is CO[C@H]1/C=C/O[C@@]2(C)Oc3c(C)c(O)c4c(O)c(c(/C=N/N5CCN(C6CCCC6)CC5)c(O)c4c3C2=O)NC(=O)/C(C)=C\C=C\C2(C)O[C@H]([C@@H](C)[C@@H](O)[C@@H](C)[C@H](O)[C@@H]1C)[C@H]2C. The number of aromatic hydroxyl groups is 3. The summed E-state index contributed by atoms with van der Waals surface area (Å²) >= 11 is 0. The van der Waals surface area contributed by atoms with Crippen LogP contribution in [0.4, 0.5) is 5.69 Å². The number of anilines is 1. The quantitative estimate of drug-likeness (QED) is 0.121. The minimum absolute atomic E-state index is 0.0293. The summed E-state index contributed by atoms with van der Waals surface area (Å²) in [6, 6.07) is 0.568. The highest BCUT2D eigenvalue weighted by Gasteiger charge is 2.52. The molecule has 338 valence electrons. The average molecular weight is 861 g/mol. The van der Waals surface area contributed by atoms with E-state index in [9.17, 15) is 35.1 Å². The Hall–Kier alpha value is -4.67. The molecule has 10 atom stereocenters. The van der Waals surface area contributed by atoms with Crippen molar-refractivity contribution in [2.24, 2.45) is 28.8 Å². The Kier molecular flexibility index (Phi) is 12.8. The Balaban J connectivity index is 1.32. The van der Waals surface area contributed by atoms with E-state index in [2.05, 4.69) is 10.2 Å². The monoisotopic (exact) mass is 860 g/mol. The fourth-order valence-corrected chi connectivity index (χ4v) is 10.0. The van der Waals surface area contributed by atoms with E-state index in [-0.39, 0.29) is 62.4 Å². The molecule has 0 spiro atoms. The summed E-state index contributed by atoms with van der Waals surface area (Å²) in [5, 5.41) is 67.8. The Morgan fingerprint density at radius 2 is 1.56 bits per heavy atom. The number of carbonyl (C=O) groups is 2. The van der Waals surface area contributed by atoms with Crippen LogP contribution in [0.3, 0.4) is 0 Å². The predicted molar refractivity (Wildman–Crippen MR) is 235 cm³/mol. The number of nitrogens with zero attached hydrogens (tertiary/aromatic N) is 3. The van der Waals surface area contributed by atoms with Gasteiger partial charge in [0.05, 0.1) is 64.7 Å². The van der Waals surface area contributed by atoms with Gasteiger partial charge in [-0.3, -0.25) is 19.5 Å². The first kappa shape index (κ1) is 45.4. The number of hydrogen-bond donors (Lipinski definition) is 6. The minimum Gasteiger partial charge on any atom is -0.507 e. The molecule has 2 aromatic carbocycles. The molecule has 0 aromatic heterocycles. The van der Waals surface area contributed by atoms with Crippen LogP contribution in [0.1, 0.15) is 95.6 Å². The van der Waals surface area contributed by atoms with Gasteiger partial charge in [-0.05, 0) is 39.7 Å². The molecule has 8 aliphatic rings. The van der Waals surface area contributed by atoms with Crippen LogP contribution in [-0.4, -0.2) is 128 Å². The molecule has 2 aromatic rings. The van der Waals surface area contributed by atoms with E-state index < -0.39 is 70.5 Å². The number of ether oxygens (including phenoxy) is 4. The molecule has 0 radical (unpaired) electrons. The third-order valence-electron chi connectivity index (χ3n) is 14.5. The van der Waals surface area contributed by atoms with Gasteiger partial charge in [-0.25, -0.2) is 0 Å². The first-order valence-corrected chi connectivity index (χ1v) is 22.0. The lowest BCUT2D eigenvalue weighted by molar-refractivity contribution is -0.251. The second-order valence-corrected chi connectivity index (χ2v) is 18.4. The summed E-state index contributed by atoms with van der Waals surface area (Å²) in [6.07, 6.45) is 11.2. The number of methoxy groups -OCH3 is 1. The van der Waals surface area contributed by atoms with Gasteiger partial charge in [0, 0.05) is 86.4 Å². The van der Waals surface area contributed by atoms with Crippen molar-refractivity contribution < 1.29 is 54.1 Å². The van der Waals surface area contributed by atoms with Gasteiger partial charge >= 0.3 is 5.79 Å². The van der Waals surface area contributed by atoms with Crippen LogP contribution in [0.2, 0.25) is 0 Å². The van der Waals surface area contributed by atoms with Crippen LogP contribution in [0, 0.1) is 30.6 Å². The maximum atomic E-state index is 14.5. The molecular weight excluding hydrogens is 797 g/mol. The molecule has 15 heteroatoms. The van der Waals surface area contributed by atoms with Crippen molar-refractivity contribution in [2.45, 2.75) is 123 Å². The Bertz CT molecular complexity index is 2190. The zero-order valence-electron chi connectivity index (χ0n) is 37.3. The second-order valence-electron chi connectivity index (χ2n) is 18.4. The third kappa shape index (κ3) is 7.95. The highest BCUT2D eigenvalue weighted by atomic mass is 16.7. The normalized spacial score (nSPS) is 35.9. The molecule has 3 fully saturated rings. The number of Topliss-reactive ketones (excluding diaryl/α,β-unsaturated/α-hetero) is 1. The van der Waals surface area contributed by atoms with E-state index in [1.54, 1.807) is 32.9 Å². The van der Waals surface area contributed by atoms with Gasteiger partial charge in [0.15, 0.2) is 5.75 Å². The number of phenolic OH excluding ortho intramolecular Hbond substituents is 3. The standard InChI is InChI=1S/C47H64N4O11/c1-24-13-12-17-46(7)29(6)42(61-46)27(4)38(53)26(3)37(52)25(2)32(59-9)16-22-60-47(8)44(57)35-33-34(39(54)28(5)43(35)62-47)41(56)36(49-45(24)58)31(40(33)55)23-48-51-20-18-50(19-21-51)30-14-10-11-15-30/h12-13,16-17,22-23,25-27,29-30,32,37-38,42,52-56H,10-11,14-15,18-21H2,1-9H3,(H,49,58)/b17-12+,22-16+,24-13-,48-23+/t25-,26+,27+,29-,32+,37-,38+,42-,46?,47+/m1/s1. The Morgan fingerprint density at radius 3 is 2.21 bits per heavy atom. The molecule has 62 heavy (non-hydrogen) atoms. The number of aliphatic hydroxyl groups is 2. The van der Waals surface area contributed by atoms with Crippen molar-refractivity contribution in [1.82, 2.24) is 9.91 Å². The van der Waals surface area contributed by atoms with Gasteiger partial charge in [0.2, 0.25) is 0 Å². The van der Waals surface area contributed by atoms with Gasteiger partial charge < -0.3 is 49.8 Å². The van der Waals surface area contributed by atoms with Crippen LogP contribution in [0.5, 0.6) is 23.0 Å². The first-order chi connectivity index (χ1) is 29.3. The summed E-state index contributed by atoms with van der Waals surface area (Å²) in [5.41, 5.74) is -0.814. The van der Waals surface area contributed by atoms with Gasteiger partial charge in [-0.15, -0.1) is 0 Å². The summed E-state index contributed by atoms with van der Waals surface area (Å²) in [5.74, 6) is -6.46. The zero-order chi connectivity index (χ0) is 45.0. The fourth-order valence-electron chi connectivity index (χ4n) is 10.0. The number of ketones is 1.